The summed E-state index contributed by atoms with van der Waals surface area (Å²) in [5.41, 5.74) is 0.722. The fourth-order valence-electron chi connectivity index (χ4n) is 3.05. The van der Waals surface area contributed by atoms with Gasteiger partial charge < -0.3 is 19.1 Å². The van der Waals surface area contributed by atoms with Gasteiger partial charge in [0, 0.05) is 18.2 Å². The van der Waals surface area contributed by atoms with Crippen LogP contribution in [0, 0.1) is 0 Å². The lowest BCUT2D eigenvalue weighted by atomic mass is 9.98. The summed E-state index contributed by atoms with van der Waals surface area (Å²) in [6.45, 7) is 15.7. The van der Waals surface area contributed by atoms with Crippen LogP contribution in [0.5, 0.6) is 5.75 Å². The Morgan fingerprint density at radius 2 is 2.04 bits per heavy atom. The number of hydrogen-bond acceptors (Lipinski definition) is 4. The van der Waals surface area contributed by atoms with Crippen molar-refractivity contribution in [1.82, 2.24) is 4.90 Å². The molecular formula is C21H31NO4. The summed E-state index contributed by atoms with van der Waals surface area (Å²) in [6, 6.07) is 4.04. The molecule has 0 aliphatic carbocycles. The lowest BCUT2D eigenvalue weighted by Crippen LogP contribution is -2.57. The number of hydrogen-bond donors (Lipinski definition) is 0. The predicted octanol–water partition coefficient (Wildman–Crippen LogP) is 2.65. The van der Waals surface area contributed by atoms with E-state index >= 15 is 0 Å². The van der Waals surface area contributed by atoms with E-state index in [1.54, 1.807) is 12.0 Å². The lowest BCUT2D eigenvalue weighted by molar-refractivity contribution is -0.0223. The van der Waals surface area contributed by atoms with E-state index in [4.69, 9.17) is 14.2 Å². The molecule has 144 valence electrons. The van der Waals surface area contributed by atoms with Crippen molar-refractivity contribution in [2.45, 2.75) is 52.2 Å². The number of methoxy groups -OCH3 is 1. The second kappa shape index (κ2) is 8.12. The van der Waals surface area contributed by atoms with E-state index in [0.717, 1.165) is 16.2 Å². The molecule has 5 heteroatoms. The van der Waals surface area contributed by atoms with Crippen molar-refractivity contribution < 1.29 is 19.0 Å². The van der Waals surface area contributed by atoms with Crippen LogP contribution in [-0.2, 0) is 9.47 Å². The predicted molar refractivity (Wildman–Crippen MR) is 104 cm³/mol. The third-order valence-corrected chi connectivity index (χ3v) is 4.38. The number of likely N-dealkylation sites (tertiary alicyclic amines) is 1. The quantitative estimate of drug-likeness (QED) is 0.809. The maximum absolute atomic E-state index is 12.0. The third-order valence-electron chi connectivity index (χ3n) is 4.38. The summed E-state index contributed by atoms with van der Waals surface area (Å²) in [5.74, 6) is 1.05. The number of benzene rings is 1. The normalized spacial score (nSPS) is 17.0. The molecule has 0 spiro atoms. The van der Waals surface area contributed by atoms with Crippen LogP contribution in [0.3, 0.4) is 0 Å². The zero-order valence-corrected chi connectivity index (χ0v) is 16.8. The first kappa shape index (κ1) is 20.3. The molecule has 1 aliphatic heterocycles. The van der Waals surface area contributed by atoms with Crippen LogP contribution in [-0.4, -0.2) is 49.5 Å². The highest BCUT2D eigenvalue weighted by Gasteiger charge is 2.35. The molecule has 0 N–H and O–H groups in total. The molecule has 5 nitrogen and oxygen atoms in total. The first-order chi connectivity index (χ1) is 12.2. The maximum Gasteiger partial charge on any atom is 0.410 e. The Bertz CT molecular complexity index is 745. The average molecular weight is 361 g/mol. The van der Waals surface area contributed by atoms with Crippen LogP contribution >= 0.6 is 0 Å². The number of nitrogens with zero attached hydrogens (tertiary/aromatic N) is 1. The van der Waals surface area contributed by atoms with Gasteiger partial charge in [-0.2, -0.15) is 0 Å². The van der Waals surface area contributed by atoms with Gasteiger partial charge in [-0.15, -0.1) is 0 Å². The minimum absolute atomic E-state index is 0.0324. The average Bonchev–Trinajstić information content (AvgIpc) is 2.49. The summed E-state index contributed by atoms with van der Waals surface area (Å²) in [7, 11) is 1.71. The molecule has 1 aliphatic rings. The summed E-state index contributed by atoms with van der Waals surface area (Å²) in [6.07, 6.45) is 1.73. The van der Waals surface area contributed by atoms with Crippen molar-refractivity contribution in [1.29, 1.82) is 0 Å². The highest BCUT2D eigenvalue weighted by Crippen LogP contribution is 2.19. The van der Waals surface area contributed by atoms with Crippen LogP contribution < -0.4 is 15.2 Å². The van der Waals surface area contributed by atoms with E-state index in [-0.39, 0.29) is 18.1 Å². The van der Waals surface area contributed by atoms with Crippen molar-refractivity contribution >= 4 is 18.7 Å². The van der Waals surface area contributed by atoms with Gasteiger partial charge in [-0.3, -0.25) is 0 Å². The van der Waals surface area contributed by atoms with Crippen molar-refractivity contribution in [3.63, 3.8) is 0 Å². The van der Waals surface area contributed by atoms with Gasteiger partial charge in [0.15, 0.2) is 0 Å². The Kier molecular flexibility index (Phi) is 6.34. The largest absolute Gasteiger partial charge is 0.486 e. The Morgan fingerprint density at radius 3 is 2.58 bits per heavy atom. The molecule has 1 aromatic carbocycles. The monoisotopic (exact) mass is 361 g/mol. The van der Waals surface area contributed by atoms with Gasteiger partial charge >= 0.3 is 6.09 Å². The summed E-state index contributed by atoms with van der Waals surface area (Å²) >= 11 is 0. The van der Waals surface area contributed by atoms with E-state index in [9.17, 15) is 4.79 Å². The second-order valence-corrected chi connectivity index (χ2v) is 7.82. The lowest BCUT2D eigenvalue weighted by Gasteiger charge is -2.39. The molecule has 0 aromatic heterocycles. The summed E-state index contributed by atoms with van der Waals surface area (Å²) in [5, 5.41) is 1.97. The SMILES string of the molecule is C=c1c(OC2CN(C(=O)OC(C)(C)C)C2)ccc(C(C)COC)/c1=C/C. The van der Waals surface area contributed by atoms with Crippen LogP contribution in [0.4, 0.5) is 4.79 Å². The van der Waals surface area contributed by atoms with Crippen LogP contribution in [0.15, 0.2) is 12.1 Å². The van der Waals surface area contributed by atoms with E-state index in [1.165, 1.54) is 5.56 Å². The minimum atomic E-state index is -0.482. The molecule has 1 fully saturated rings. The molecular weight excluding hydrogens is 330 g/mol. The Balaban J connectivity index is 2.04. The highest BCUT2D eigenvalue weighted by molar-refractivity contribution is 5.69. The fraction of sp³-hybridized carbons (Fsp3) is 0.571. The molecule has 0 bridgehead atoms. The van der Waals surface area contributed by atoms with Gasteiger partial charge in [-0.25, -0.2) is 4.79 Å². The molecule has 2 rings (SSSR count). The summed E-state index contributed by atoms with van der Waals surface area (Å²) in [4.78, 5) is 13.7. The number of carbonyl (C=O) groups excluding carboxylic acids is 1. The molecule has 1 heterocycles. The van der Waals surface area contributed by atoms with E-state index in [2.05, 4.69) is 25.6 Å². The molecule has 1 atom stereocenters. The molecule has 1 unspecified atom stereocenters. The number of ether oxygens (including phenoxy) is 3. The van der Waals surface area contributed by atoms with Gasteiger partial charge in [-0.1, -0.05) is 25.6 Å². The van der Waals surface area contributed by atoms with E-state index in [0.29, 0.717) is 19.7 Å². The molecule has 0 saturated carbocycles. The molecule has 0 radical (unpaired) electrons. The first-order valence-corrected chi connectivity index (χ1v) is 9.08. The van der Waals surface area contributed by atoms with Gasteiger partial charge in [0.25, 0.3) is 0 Å². The molecule has 1 amide bonds. The Labute approximate surface area is 156 Å². The second-order valence-electron chi connectivity index (χ2n) is 7.82. The minimum Gasteiger partial charge on any atom is -0.486 e. The highest BCUT2D eigenvalue weighted by atomic mass is 16.6. The van der Waals surface area contributed by atoms with Crippen molar-refractivity contribution in [2.75, 3.05) is 26.8 Å². The van der Waals surface area contributed by atoms with Gasteiger partial charge in [-0.05, 0) is 44.5 Å². The summed E-state index contributed by atoms with van der Waals surface area (Å²) < 4.78 is 16.7. The maximum atomic E-state index is 12.0. The van der Waals surface area contributed by atoms with Gasteiger partial charge in [0.1, 0.15) is 17.5 Å². The Morgan fingerprint density at radius 1 is 1.38 bits per heavy atom. The van der Waals surface area contributed by atoms with E-state index in [1.807, 2.05) is 33.8 Å². The topological polar surface area (TPSA) is 48.0 Å². The van der Waals surface area contributed by atoms with Crippen molar-refractivity contribution in [3.8, 4) is 5.75 Å². The zero-order chi connectivity index (χ0) is 19.5. The fourth-order valence-corrected chi connectivity index (χ4v) is 3.05. The molecule has 1 aromatic rings. The first-order valence-electron chi connectivity index (χ1n) is 9.08. The van der Waals surface area contributed by atoms with Crippen LogP contribution in [0.1, 0.15) is 46.1 Å². The molecule has 1 saturated heterocycles. The number of rotatable bonds is 5. The third kappa shape index (κ3) is 4.79. The number of amides is 1. The molecule has 26 heavy (non-hydrogen) atoms. The zero-order valence-electron chi connectivity index (χ0n) is 16.8. The van der Waals surface area contributed by atoms with Gasteiger partial charge in [0.2, 0.25) is 0 Å². The Hall–Kier alpha value is -2.01. The van der Waals surface area contributed by atoms with Gasteiger partial charge in [0.05, 0.1) is 19.7 Å². The van der Waals surface area contributed by atoms with Crippen LogP contribution in [0.25, 0.3) is 12.7 Å². The van der Waals surface area contributed by atoms with Crippen molar-refractivity contribution in [2.24, 2.45) is 0 Å². The van der Waals surface area contributed by atoms with Crippen LogP contribution in [0.2, 0.25) is 0 Å². The standard InChI is InChI=1S/C21H31NO4/c1-8-17-15(3)19(10-9-18(17)14(2)13-24-7)25-16-11-22(12-16)20(23)26-21(4,5)6/h8-10,14,16H,3,11-13H2,1-2,4-7H3/b17-8+. The van der Waals surface area contributed by atoms with Crippen molar-refractivity contribution in [3.05, 3.63) is 28.1 Å². The number of carbonyl (C=O) groups is 1. The smallest absolute Gasteiger partial charge is 0.410 e. The van der Waals surface area contributed by atoms with E-state index < -0.39 is 5.60 Å².